The Balaban J connectivity index is 2.47. The third kappa shape index (κ3) is 3.16. The lowest BCUT2D eigenvalue weighted by Gasteiger charge is -2.23. The zero-order valence-electron chi connectivity index (χ0n) is 9.96. The number of hydrogen-bond donors (Lipinski definition) is 1. The average Bonchev–Trinajstić information content (AvgIpc) is 2.44. The van der Waals surface area contributed by atoms with E-state index in [1.807, 2.05) is 6.92 Å². The van der Waals surface area contributed by atoms with Gasteiger partial charge in [-0.15, -0.1) is 0 Å². The minimum absolute atomic E-state index is 0.0427. The molecule has 1 unspecified atom stereocenters. The molecule has 0 spiro atoms. The van der Waals surface area contributed by atoms with Crippen molar-refractivity contribution in [1.29, 1.82) is 0 Å². The second-order valence-corrected chi connectivity index (χ2v) is 4.83. The summed E-state index contributed by atoms with van der Waals surface area (Å²) in [6.45, 7) is 6.46. The number of halogens is 1. The Bertz CT molecular complexity index is 233. The lowest BCUT2D eigenvalue weighted by molar-refractivity contribution is -0.126. The van der Waals surface area contributed by atoms with Crippen molar-refractivity contribution in [3.05, 3.63) is 0 Å². The average molecular weight is 216 g/mol. The Morgan fingerprint density at radius 2 is 2.07 bits per heavy atom. The first kappa shape index (κ1) is 12.4. The Kier molecular flexibility index (Phi) is 4.08. The molecule has 1 saturated heterocycles. The molecule has 0 saturated carbocycles. The highest BCUT2D eigenvalue weighted by atomic mass is 19.1. The molecule has 0 bridgehead atoms. The van der Waals surface area contributed by atoms with E-state index in [4.69, 9.17) is 0 Å². The lowest BCUT2D eigenvalue weighted by Crippen LogP contribution is -2.46. The van der Waals surface area contributed by atoms with Crippen LogP contribution in [0.15, 0.2) is 0 Å². The molecule has 1 heterocycles. The molecule has 0 aliphatic carbocycles. The summed E-state index contributed by atoms with van der Waals surface area (Å²) in [7, 11) is 1.80. The summed E-state index contributed by atoms with van der Waals surface area (Å²) in [6.07, 6.45) is -0.534. The zero-order chi connectivity index (χ0) is 11.6. The summed E-state index contributed by atoms with van der Waals surface area (Å²) in [5, 5.41) is 2.92. The lowest BCUT2D eigenvalue weighted by atomic mass is 10.1. The van der Waals surface area contributed by atoms with Crippen LogP contribution in [0.4, 0.5) is 4.39 Å². The van der Waals surface area contributed by atoms with E-state index in [0.717, 1.165) is 0 Å². The maximum atomic E-state index is 13.1. The predicted octanol–water partition coefficient (Wildman–Crippen LogP) is 1.19. The van der Waals surface area contributed by atoms with Crippen LogP contribution in [0, 0.1) is 5.92 Å². The smallest absolute Gasteiger partial charge is 0.237 e. The molecule has 3 atom stereocenters. The minimum Gasteiger partial charge on any atom is -0.352 e. The Morgan fingerprint density at radius 3 is 2.47 bits per heavy atom. The number of nitrogens with one attached hydrogen (secondary N) is 1. The van der Waals surface area contributed by atoms with Crippen LogP contribution in [0.5, 0.6) is 0 Å². The number of hydrogen-bond acceptors (Lipinski definition) is 2. The van der Waals surface area contributed by atoms with Crippen LogP contribution < -0.4 is 5.32 Å². The summed E-state index contributed by atoms with van der Waals surface area (Å²) in [5.74, 6) is 0.362. The standard InChI is InChI=1S/C11H21FN2O/c1-7(2)8(3)13-11(15)10-5-9(12)6-14(10)4/h7-10H,5-6H2,1-4H3,(H,13,15)/t8-,9?,10-/m0/s1. The van der Waals surface area contributed by atoms with Crippen LogP contribution in [0.3, 0.4) is 0 Å². The van der Waals surface area contributed by atoms with Crippen molar-refractivity contribution in [2.24, 2.45) is 5.92 Å². The Labute approximate surface area is 91.0 Å². The molecule has 1 rings (SSSR count). The van der Waals surface area contributed by atoms with Crippen LogP contribution in [-0.4, -0.2) is 42.7 Å². The van der Waals surface area contributed by atoms with E-state index in [-0.39, 0.29) is 18.0 Å². The second kappa shape index (κ2) is 4.92. The molecule has 15 heavy (non-hydrogen) atoms. The van der Waals surface area contributed by atoms with Crippen molar-refractivity contribution in [1.82, 2.24) is 10.2 Å². The van der Waals surface area contributed by atoms with Crippen molar-refractivity contribution in [3.63, 3.8) is 0 Å². The van der Waals surface area contributed by atoms with Gasteiger partial charge in [-0.25, -0.2) is 4.39 Å². The molecule has 0 aromatic rings. The summed E-state index contributed by atoms with van der Waals surface area (Å²) >= 11 is 0. The van der Waals surface area contributed by atoms with Gasteiger partial charge in [-0.2, -0.15) is 0 Å². The first-order valence-electron chi connectivity index (χ1n) is 5.56. The molecule has 1 aliphatic heterocycles. The van der Waals surface area contributed by atoms with Crippen LogP contribution in [0.1, 0.15) is 27.2 Å². The van der Waals surface area contributed by atoms with Crippen molar-refractivity contribution < 1.29 is 9.18 Å². The number of rotatable bonds is 3. The number of alkyl halides is 1. The van der Waals surface area contributed by atoms with E-state index in [2.05, 4.69) is 19.2 Å². The van der Waals surface area contributed by atoms with Gasteiger partial charge in [0.2, 0.25) is 5.91 Å². The summed E-state index contributed by atoms with van der Waals surface area (Å²) in [6, 6.07) is -0.147. The molecule has 1 N–H and O–H groups in total. The monoisotopic (exact) mass is 216 g/mol. The van der Waals surface area contributed by atoms with Crippen molar-refractivity contribution in [3.8, 4) is 0 Å². The third-order valence-corrected chi connectivity index (χ3v) is 3.17. The summed E-state index contributed by atoms with van der Waals surface area (Å²) < 4.78 is 13.1. The first-order valence-corrected chi connectivity index (χ1v) is 5.56. The van der Waals surface area contributed by atoms with Crippen LogP contribution in [-0.2, 0) is 4.79 Å². The van der Waals surface area contributed by atoms with Gasteiger partial charge in [-0.1, -0.05) is 13.8 Å². The molecular formula is C11H21FN2O. The van der Waals surface area contributed by atoms with Gasteiger partial charge in [-0.3, -0.25) is 9.69 Å². The number of nitrogens with zero attached hydrogens (tertiary/aromatic N) is 1. The maximum Gasteiger partial charge on any atom is 0.237 e. The van der Waals surface area contributed by atoms with Crippen molar-refractivity contribution >= 4 is 5.91 Å². The molecule has 0 radical (unpaired) electrons. The quantitative estimate of drug-likeness (QED) is 0.768. The van der Waals surface area contributed by atoms with Crippen molar-refractivity contribution in [2.45, 2.75) is 45.4 Å². The highest BCUT2D eigenvalue weighted by Crippen LogP contribution is 2.18. The fraction of sp³-hybridized carbons (Fsp3) is 0.909. The van der Waals surface area contributed by atoms with E-state index in [1.54, 1.807) is 11.9 Å². The topological polar surface area (TPSA) is 32.3 Å². The molecule has 4 heteroatoms. The number of carbonyl (C=O) groups is 1. The van der Waals surface area contributed by atoms with E-state index < -0.39 is 6.17 Å². The number of likely N-dealkylation sites (N-methyl/N-ethyl adjacent to an activating group) is 1. The number of likely N-dealkylation sites (tertiary alicyclic amines) is 1. The van der Waals surface area contributed by atoms with Crippen molar-refractivity contribution in [2.75, 3.05) is 13.6 Å². The second-order valence-electron chi connectivity index (χ2n) is 4.83. The first-order chi connectivity index (χ1) is 6.91. The third-order valence-electron chi connectivity index (χ3n) is 3.17. The molecule has 1 fully saturated rings. The Morgan fingerprint density at radius 1 is 1.47 bits per heavy atom. The van der Waals surface area contributed by atoms with Gasteiger partial charge >= 0.3 is 0 Å². The van der Waals surface area contributed by atoms with Crippen LogP contribution >= 0.6 is 0 Å². The summed E-state index contributed by atoms with van der Waals surface area (Å²) in [4.78, 5) is 13.6. The fourth-order valence-corrected chi connectivity index (χ4v) is 1.73. The van der Waals surface area contributed by atoms with E-state index in [1.165, 1.54) is 0 Å². The molecule has 88 valence electrons. The maximum absolute atomic E-state index is 13.1. The van der Waals surface area contributed by atoms with E-state index in [9.17, 15) is 9.18 Å². The molecule has 1 amide bonds. The van der Waals surface area contributed by atoms with E-state index >= 15 is 0 Å². The predicted molar refractivity (Wildman–Crippen MR) is 58.4 cm³/mol. The highest BCUT2D eigenvalue weighted by molar-refractivity contribution is 5.82. The summed E-state index contributed by atoms with van der Waals surface area (Å²) in [5.41, 5.74) is 0. The number of carbonyl (C=O) groups excluding carboxylic acids is 1. The Hall–Kier alpha value is -0.640. The van der Waals surface area contributed by atoms with Gasteiger partial charge in [0.05, 0.1) is 6.04 Å². The van der Waals surface area contributed by atoms with Gasteiger partial charge in [0.1, 0.15) is 6.17 Å². The highest BCUT2D eigenvalue weighted by Gasteiger charge is 2.34. The molecule has 1 aliphatic rings. The van der Waals surface area contributed by atoms with Crippen LogP contribution in [0.25, 0.3) is 0 Å². The zero-order valence-corrected chi connectivity index (χ0v) is 9.96. The number of amides is 1. The van der Waals surface area contributed by atoms with Crippen LogP contribution in [0.2, 0.25) is 0 Å². The fourth-order valence-electron chi connectivity index (χ4n) is 1.73. The van der Waals surface area contributed by atoms with Gasteiger partial charge in [0.25, 0.3) is 0 Å². The minimum atomic E-state index is -0.861. The van der Waals surface area contributed by atoms with Gasteiger partial charge < -0.3 is 5.32 Å². The largest absolute Gasteiger partial charge is 0.352 e. The van der Waals surface area contributed by atoms with Gasteiger partial charge in [0, 0.05) is 19.0 Å². The van der Waals surface area contributed by atoms with Gasteiger partial charge in [-0.05, 0) is 19.9 Å². The molecule has 0 aromatic carbocycles. The SMILES string of the molecule is CC(C)[C@H](C)NC(=O)[C@@H]1CC(F)CN1C. The normalized spacial score (nSPS) is 29.5. The molecular weight excluding hydrogens is 195 g/mol. The van der Waals surface area contributed by atoms with Gasteiger partial charge in [0.15, 0.2) is 0 Å². The van der Waals surface area contributed by atoms with E-state index in [0.29, 0.717) is 18.9 Å². The molecule has 0 aromatic heterocycles. The molecule has 3 nitrogen and oxygen atoms in total.